The molecule has 0 bridgehead atoms. The molecule has 0 atom stereocenters. The van der Waals surface area contributed by atoms with Gasteiger partial charge in [-0.2, -0.15) is 0 Å². The Labute approximate surface area is 93.6 Å². The molecule has 1 N–H and O–H groups in total. The molecule has 0 amide bonds. The van der Waals surface area contributed by atoms with Crippen LogP contribution >= 0.6 is 0 Å². The Morgan fingerprint density at radius 3 is 3.06 bits per heavy atom. The average molecular weight is 215 g/mol. The van der Waals surface area contributed by atoms with E-state index in [1.54, 1.807) is 12.4 Å². The van der Waals surface area contributed by atoms with Crippen molar-refractivity contribution in [3.8, 4) is 0 Å². The Morgan fingerprint density at radius 1 is 1.44 bits per heavy atom. The highest BCUT2D eigenvalue weighted by atomic mass is 15.1. The minimum atomic E-state index is 0.660. The van der Waals surface area contributed by atoms with Crippen LogP contribution in [0.25, 0.3) is 17.4 Å². The van der Waals surface area contributed by atoms with Crippen LogP contribution in [0.4, 0.5) is 5.82 Å². The van der Waals surface area contributed by atoms with E-state index >= 15 is 0 Å². The summed E-state index contributed by atoms with van der Waals surface area (Å²) in [6.45, 7) is 6.27. The highest BCUT2D eigenvalue weighted by Crippen LogP contribution is 2.18. The molecule has 0 aliphatic carbocycles. The second kappa shape index (κ2) is 4.57. The molecule has 5 nitrogen and oxygen atoms in total. The molecule has 82 valence electrons. The molecule has 0 spiro atoms. The van der Waals surface area contributed by atoms with Crippen LogP contribution in [0.3, 0.4) is 0 Å². The number of aromatic nitrogens is 4. The van der Waals surface area contributed by atoms with Crippen LogP contribution in [0.5, 0.6) is 0 Å². The van der Waals surface area contributed by atoms with Gasteiger partial charge in [-0.1, -0.05) is 12.2 Å². The Hall–Kier alpha value is -2.17. The number of imidazole rings is 1. The van der Waals surface area contributed by atoms with Gasteiger partial charge in [0.15, 0.2) is 11.5 Å². The monoisotopic (exact) mass is 215 g/mol. The molecule has 2 aromatic rings. The summed E-state index contributed by atoms with van der Waals surface area (Å²) in [6, 6.07) is 0. The molecule has 2 heterocycles. The van der Waals surface area contributed by atoms with Crippen molar-refractivity contribution >= 4 is 23.2 Å². The first kappa shape index (κ1) is 10.4. The summed E-state index contributed by atoms with van der Waals surface area (Å²) in [5, 5.41) is 3.16. The maximum absolute atomic E-state index is 4.20. The number of anilines is 1. The number of hydrogen-bond acceptors (Lipinski definition) is 4. The van der Waals surface area contributed by atoms with E-state index in [9.17, 15) is 0 Å². The number of hydrogen-bond donors (Lipinski definition) is 1. The van der Waals surface area contributed by atoms with Crippen molar-refractivity contribution in [2.75, 3.05) is 11.9 Å². The normalized spacial score (nSPS) is 11.1. The van der Waals surface area contributed by atoms with E-state index in [1.807, 2.05) is 23.8 Å². The third-order valence-corrected chi connectivity index (χ3v) is 2.09. The molecule has 0 radical (unpaired) electrons. The number of nitrogens with one attached hydrogen (secondary N) is 1. The van der Waals surface area contributed by atoms with Crippen LogP contribution in [-0.2, 0) is 0 Å². The van der Waals surface area contributed by atoms with Gasteiger partial charge in [0.05, 0.1) is 0 Å². The third-order valence-electron chi connectivity index (χ3n) is 2.09. The van der Waals surface area contributed by atoms with Gasteiger partial charge < -0.3 is 9.88 Å². The van der Waals surface area contributed by atoms with E-state index < -0.39 is 0 Å². The zero-order valence-corrected chi connectivity index (χ0v) is 9.09. The maximum Gasteiger partial charge on any atom is 0.183 e. The second-order valence-corrected chi connectivity index (χ2v) is 3.20. The summed E-state index contributed by atoms with van der Waals surface area (Å²) >= 11 is 0. The summed E-state index contributed by atoms with van der Waals surface area (Å²) in [5.41, 5.74) is 1.56. The molecule has 0 aliphatic heterocycles. The highest BCUT2D eigenvalue weighted by Gasteiger charge is 2.07. The summed E-state index contributed by atoms with van der Waals surface area (Å²) in [4.78, 5) is 12.5. The van der Waals surface area contributed by atoms with Gasteiger partial charge in [-0.25, -0.2) is 15.0 Å². The molecule has 0 fully saturated rings. The fourth-order valence-corrected chi connectivity index (χ4v) is 1.45. The van der Waals surface area contributed by atoms with Gasteiger partial charge in [0.25, 0.3) is 0 Å². The lowest BCUT2D eigenvalue weighted by Gasteiger charge is -2.04. The SMILES string of the molecule is C=CCNc1ncnc2ncn(C=CC)c12. The fourth-order valence-electron chi connectivity index (χ4n) is 1.45. The quantitative estimate of drug-likeness (QED) is 0.791. The predicted molar refractivity (Wildman–Crippen MR) is 65.0 cm³/mol. The second-order valence-electron chi connectivity index (χ2n) is 3.20. The topological polar surface area (TPSA) is 55.6 Å². The molecule has 2 aromatic heterocycles. The molecule has 0 aromatic carbocycles. The molecular formula is C11H13N5. The molecular weight excluding hydrogens is 202 g/mol. The summed E-state index contributed by atoms with van der Waals surface area (Å²) < 4.78 is 1.89. The molecule has 0 unspecified atom stereocenters. The first-order valence-corrected chi connectivity index (χ1v) is 5.02. The standard InChI is InChI=1S/C11H13N5/c1-3-5-12-10-9-11(14-7-13-10)15-8-16(9)6-4-2/h3-4,6-8H,1,5H2,2H3,(H,12,13,14). The van der Waals surface area contributed by atoms with Crippen molar-refractivity contribution < 1.29 is 0 Å². The maximum atomic E-state index is 4.20. The number of rotatable bonds is 4. The first-order chi connectivity index (χ1) is 7.86. The van der Waals surface area contributed by atoms with Crippen molar-refractivity contribution in [1.82, 2.24) is 19.5 Å². The van der Waals surface area contributed by atoms with Crippen LogP contribution in [0, 0.1) is 0 Å². The molecule has 5 heteroatoms. The molecule has 0 aliphatic rings. The van der Waals surface area contributed by atoms with Crippen molar-refractivity contribution in [1.29, 1.82) is 0 Å². The summed E-state index contributed by atoms with van der Waals surface area (Å²) in [6.07, 6.45) is 8.85. The van der Waals surface area contributed by atoms with Gasteiger partial charge in [0.1, 0.15) is 18.2 Å². The lowest BCUT2D eigenvalue weighted by Crippen LogP contribution is -2.02. The Morgan fingerprint density at radius 2 is 2.31 bits per heavy atom. The number of fused-ring (bicyclic) bond motifs is 1. The minimum absolute atomic E-state index is 0.660. The van der Waals surface area contributed by atoms with Crippen LogP contribution in [-0.4, -0.2) is 26.1 Å². The van der Waals surface area contributed by atoms with Crippen molar-refractivity contribution in [3.05, 3.63) is 31.4 Å². The van der Waals surface area contributed by atoms with Gasteiger partial charge in [-0.3, -0.25) is 0 Å². The summed E-state index contributed by atoms with van der Waals surface area (Å²) in [7, 11) is 0. The largest absolute Gasteiger partial charge is 0.365 e. The van der Waals surface area contributed by atoms with Gasteiger partial charge in [-0.05, 0) is 6.92 Å². The fraction of sp³-hybridized carbons (Fsp3) is 0.182. The zero-order chi connectivity index (χ0) is 11.4. The van der Waals surface area contributed by atoms with Crippen molar-refractivity contribution in [3.63, 3.8) is 0 Å². The van der Waals surface area contributed by atoms with E-state index in [-0.39, 0.29) is 0 Å². The average Bonchev–Trinajstić information content (AvgIpc) is 2.71. The van der Waals surface area contributed by atoms with E-state index in [1.165, 1.54) is 6.33 Å². The van der Waals surface area contributed by atoms with Crippen LogP contribution < -0.4 is 5.32 Å². The molecule has 0 saturated heterocycles. The van der Waals surface area contributed by atoms with E-state index in [0.29, 0.717) is 12.2 Å². The van der Waals surface area contributed by atoms with Gasteiger partial charge in [0.2, 0.25) is 0 Å². The Kier molecular flexibility index (Phi) is 2.95. The molecule has 16 heavy (non-hydrogen) atoms. The van der Waals surface area contributed by atoms with Crippen molar-refractivity contribution in [2.45, 2.75) is 6.92 Å². The lowest BCUT2D eigenvalue weighted by molar-refractivity contribution is 1.14. The van der Waals surface area contributed by atoms with Gasteiger partial charge in [-0.15, -0.1) is 6.58 Å². The summed E-state index contributed by atoms with van der Waals surface area (Å²) in [5.74, 6) is 0.764. The number of allylic oxidation sites excluding steroid dienone is 1. The van der Waals surface area contributed by atoms with E-state index in [2.05, 4.69) is 26.8 Å². The highest BCUT2D eigenvalue weighted by molar-refractivity contribution is 5.84. The van der Waals surface area contributed by atoms with Crippen LogP contribution in [0.1, 0.15) is 6.92 Å². The lowest BCUT2D eigenvalue weighted by atomic mass is 10.4. The van der Waals surface area contributed by atoms with Gasteiger partial charge in [0, 0.05) is 12.7 Å². The minimum Gasteiger partial charge on any atom is -0.365 e. The Bertz CT molecular complexity index is 526. The van der Waals surface area contributed by atoms with Gasteiger partial charge >= 0.3 is 0 Å². The van der Waals surface area contributed by atoms with Crippen LogP contribution in [0.15, 0.2) is 31.4 Å². The number of nitrogens with zero attached hydrogens (tertiary/aromatic N) is 4. The molecule has 0 saturated carbocycles. The predicted octanol–water partition coefficient (Wildman–Crippen LogP) is 1.91. The third kappa shape index (κ3) is 1.79. The van der Waals surface area contributed by atoms with Crippen molar-refractivity contribution in [2.24, 2.45) is 0 Å². The van der Waals surface area contributed by atoms with Crippen LogP contribution in [0.2, 0.25) is 0 Å². The first-order valence-electron chi connectivity index (χ1n) is 5.02. The Balaban J connectivity index is 2.53. The zero-order valence-electron chi connectivity index (χ0n) is 9.09. The smallest absolute Gasteiger partial charge is 0.183 e. The van der Waals surface area contributed by atoms with E-state index in [0.717, 1.165) is 11.3 Å². The molecule has 2 rings (SSSR count). The van der Waals surface area contributed by atoms with E-state index in [4.69, 9.17) is 0 Å².